The number of methoxy groups -OCH3 is 2. The molecule has 36 heavy (non-hydrogen) atoms. The molecular weight excluding hydrogens is 486 g/mol. The molecule has 1 N–H and O–H groups in total. The van der Waals surface area contributed by atoms with Gasteiger partial charge in [-0.1, -0.05) is 6.07 Å². The number of aromatic carboxylic acids is 1. The van der Waals surface area contributed by atoms with Gasteiger partial charge in [0.05, 0.1) is 41.8 Å². The maximum absolute atomic E-state index is 13.4. The van der Waals surface area contributed by atoms with E-state index in [0.29, 0.717) is 30.1 Å². The molecule has 2 heterocycles. The van der Waals surface area contributed by atoms with E-state index < -0.39 is 21.4 Å². The van der Waals surface area contributed by atoms with E-state index in [-0.39, 0.29) is 35.5 Å². The summed E-state index contributed by atoms with van der Waals surface area (Å²) in [5.74, 6) is -0.236. The number of ether oxygens (including phenoxy) is 2. The Kier molecular flexibility index (Phi) is 6.80. The molecule has 2 aliphatic heterocycles. The molecule has 0 aliphatic carbocycles. The molecule has 2 aromatic rings. The largest absolute Gasteiger partial charge is 0.493 e. The normalized spacial score (nSPS) is 18.7. The number of amides is 1. The van der Waals surface area contributed by atoms with Crippen molar-refractivity contribution in [1.29, 1.82) is 0 Å². The molecular formula is C25H29N3O7S. The monoisotopic (exact) mass is 515 g/mol. The lowest BCUT2D eigenvalue weighted by Crippen LogP contribution is -2.47. The van der Waals surface area contributed by atoms with Crippen LogP contribution in [0.3, 0.4) is 0 Å². The number of benzene rings is 2. The fourth-order valence-corrected chi connectivity index (χ4v) is 6.10. The number of piperidine rings is 1. The second kappa shape index (κ2) is 9.55. The summed E-state index contributed by atoms with van der Waals surface area (Å²) in [5, 5.41) is 15.4. The number of carboxylic acids is 1. The fourth-order valence-electron chi connectivity index (χ4n) is 4.58. The van der Waals surface area contributed by atoms with Gasteiger partial charge in [-0.3, -0.25) is 4.79 Å². The van der Waals surface area contributed by atoms with E-state index in [9.17, 15) is 23.1 Å². The highest BCUT2D eigenvalue weighted by molar-refractivity contribution is 7.89. The quantitative estimate of drug-likeness (QED) is 0.601. The molecule has 0 unspecified atom stereocenters. The van der Waals surface area contributed by atoms with Crippen molar-refractivity contribution in [3.05, 3.63) is 53.6 Å². The Balaban J connectivity index is 1.54. The second-order valence-corrected chi connectivity index (χ2v) is 11.2. The van der Waals surface area contributed by atoms with Crippen molar-refractivity contribution < 1.29 is 32.6 Å². The third-order valence-electron chi connectivity index (χ3n) is 6.69. The lowest BCUT2D eigenvalue weighted by atomic mass is 9.83. The van der Waals surface area contributed by atoms with Crippen LogP contribution in [0.1, 0.15) is 42.6 Å². The van der Waals surface area contributed by atoms with Gasteiger partial charge in [-0.05, 0) is 63.1 Å². The van der Waals surface area contributed by atoms with Crippen LogP contribution in [0.15, 0.2) is 52.5 Å². The third kappa shape index (κ3) is 4.44. The van der Waals surface area contributed by atoms with Gasteiger partial charge in [0.25, 0.3) is 5.91 Å². The van der Waals surface area contributed by atoms with Crippen LogP contribution < -0.4 is 9.47 Å². The molecule has 1 saturated heterocycles. The minimum atomic E-state index is -3.86. The SMILES string of the molecule is COc1ccc(C2=NN(C3CCN(S(=O)(=O)c4cccc(C(=O)O)c4)CC3)C(=O)C2(C)C)cc1OC. The zero-order chi connectivity index (χ0) is 26.3. The molecule has 0 radical (unpaired) electrons. The van der Waals surface area contributed by atoms with Gasteiger partial charge in [-0.25, -0.2) is 18.2 Å². The topological polar surface area (TPSA) is 126 Å². The van der Waals surface area contributed by atoms with Crippen molar-refractivity contribution in [3.63, 3.8) is 0 Å². The Hall–Kier alpha value is -3.44. The van der Waals surface area contributed by atoms with Crippen molar-refractivity contribution in [2.24, 2.45) is 10.5 Å². The van der Waals surface area contributed by atoms with Crippen LogP contribution >= 0.6 is 0 Å². The molecule has 192 valence electrons. The van der Waals surface area contributed by atoms with Gasteiger partial charge < -0.3 is 14.6 Å². The predicted octanol–water partition coefficient (Wildman–Crippen LogP) is 2.83. The highest BCUT2D eigenvalue weighted by Gasteiger charge is 2.47. The number of carbonyl (C=O) groups is 2. The van der Waals surface area contributed by atoms with Crippen molar-refractivity contribution >= 4 is 27.6 Å². The molecule has 0 bridgehead atoms. The number of carboxylic acid groups (broad SMARTS) is 1. The molecule has 11 heteroatoms. The fraction of sp³-hybridized carbons (Fsp3) is 0.400. The van der Waals surface area contributed by atoms with E-state index in [1.807, 2.05) is 19.9 Å². The predicted molar refractivity (Wildman–Crippen MR) is 132 cm³/mol. The highest BCUT2D eigenvalue weighted by Crippen LogP contribution is 2.38. The number of nitrogens with zero attached hydrogens (tertiary/aromatic N) is 3. The molecule has 1 fully saturated rings. The number of hydrazone groups is 1. The van der Waals surface area contributed by atoms with Crippen LogP contribution in [0.5, 0.6) is 11.5 Å². The summed E-state index contributed by atoms with van der Waals surface area (Å²) >= 11 is 0. The molecule has 0 saturated carbocycles. The molecule has 0 spiro atoms. The summed E-state index contributed by atoms with van der Waals surface area (Å²) in [6, 6.07) is 10.4. The van der Waals surface area contributed by atoms with E-state index in [1.54, 1.807) is 26.4 Å². The Bertz CT molecular complexity index is 1330. The second-order valence-electron chi connectivity index (χ2n) is 9.26. The number of hydrogen-bond donors (Lipinski definition) is 1. The van der Waals surface area contributed by atoms with Gasteiger partial charge in [0.2, 0.25) is 10.0 Å². The summed E-state index contributed by atoms with van der Waals surface area (Å²) in [4.78, 5) is 24.5. The van der Waals surface area contributed by atoms with Gasteiger partial charge in [0.15, 0.2) is 11.5 Å². The number of carbonyl (C=O) groups excluding carboxylic acids is 1. The minimum Gasteiger partial charge on any atom is -0.493 e. The summed E-state index contributed by atoms with van der Waals surface area (Å²) in [6.45, 7) is 4.02. The first-order valence-corrected chi connectivity index (χ1v) is 12.9. The summed E-state index contributed by atoms with van der Waals surface area (Å²) in [6.07, 6.45) is 0.810. The smallest absolute Gasteiger partial charge is 0.335 e. The molecule has 1 amide bonds. The number of hydrogen-bond acceptors (Lipinski definition) is 7. The molecule has 4 rings (SSSR count). The molecule has 0 atom stereocenters. The first kappa shape index (κ1) is 25.6. The maximum Gasteiger partial charge on any atom is 0.335 e. The van der Waals surface area contributed by atoms with E-state index in [2.05, 4.69) is 0 Å². The van der Waals surface area contributed by atoms with Gasteiger partial charge in [-0.15, -0.1) is 0 Å². The number of rotatable bonds is 7. The van der Waals surface area contributed by atoms with Crippen LogP contribution in [0.4, 0.5) is 0 Å². The van der Waals surface area contributed by atoms with Gasteiger partial charge >= 0.3 is 5.97 Å². The van der Waals surface area contributed by atoms with Gasteiger partial charge in [0.1, 0.15) is 0 Å². The zero-order valence-electron chi connectivity index (χ0n) is 20.6. The van der Waals surface area contributed by atoms with Crippen LogP contribution in [-0.4, -0.2) is 73.8 Å². The summed E-state index contributed by atoms with van der Waals surface area (Å²) in [5.41, 5.74) is 0.383. The minimum absolute atomic E-state index is 0.0620. The highest BCUT2D eigenvalue weighted by atomic mass is 32.2. The first-order valence-electron chi connectivity index (χ1n) is 11.5. The van der Waals surface area contributed by atoms with Crippen LogP contribution in [0, 0.1) is 5.41 Å². The first-order chi connectivity index (χ1) is 17.0. The Labute approximate surface area is 210 Å². The van der Waals surface area contributed by atoms with Crippen LogP contribution in [0.25, 0.3) is 0 Å². The maximum atomic E-state index is 13.4. The standard InChI is InChI=1S/C25H29N3O7S/c1-25(2)22(16-8-9-20(34-3)21(15-16)35-4)26-28(24(25)31)18-10-12-27(13-11-18)36(32,33)19-7-5-6-17(14-19)23(29)30/h5-9,14-15,18H,10-13H2,1-4H3,(H,29,30). The Morgan fingerprint density at radius 2 is 1.72 bits per heavy atom. The Morgan fingerprint density at radius 3 is 2.33 bits per heavy atom. The molecule has 2 aromatic carbocycles. The van der Waals surface area contributed by atoms with Crippen LogP contribution in [0.2, 0.25) is 0 Å². The number of sulfonamides is 1. The third-order valence-corrected chi connectivity index (χ3v) is 8.58. The van der Waals surface area contributed by atoms with Gasteiger partial charge in [0, 0.05) is 18.7 Å². The van der Waals surface area contributed by atoms with E-state index in [4.69, 9.17) is 14.6 Å². The average Bonchev–Trinajstić information content (AvgIpc) is 3.12. The van der Waals surface area contributed by atoms with E-state index in [1.165, 1.54) is 27.5 Å². The average molecular weight is 516 g/mol. The van der Waals surface area contributed by atoms with Crippen molar-refractivity contribution in [2.75, 3.05) is 27.3 Å². The van der Waals surface area contributed by atoms with Crippen LogP contribution in [-0.2, 0) is 14.8 Å². The van der Waals surface area contributed by atoms with Crippen molar-refractivity contribution in [1.82, 2.24) is 9.31 Å². The summed E-state index contributed by atoms with van der Waals surface area (Å²) in [7, 11) is -0.772. The zero-order valence-corrected chi connectivity index (χ0v) is 21.4. The van der Waals surface area contributed by atoms with Gasteiger partial charge in [-0.2, -0.15) is 9.41 Å². The Morgan fingerprint density at radius 1 is 1.06 bits per heavy atom. The molecule has 0 aromatic heterocycles. The van der Waals surface area contributed by atoms with E-state index >= 15 is 0 Å². The van der Waals surface area contributed by atoms with E-state index in [0.717, 1.165) is 11.6 Å². The molecule has 2 aliphatic rings. The lowest BCUT2D eigenvalue weighted by Gasteiger charge is -2.35. The molecule has 10 nitrogen and oxygen atoms in total. The lowest BCUT2D eigenvalue weighted by molar-refractivity contribution is -0.137. The van der Waals surface area contributed by atoms with Crippen molar-refractivity contribution in [2.45, 2.75) is 37.6 Å². The summed E-state index contributed by atoms with van der Waals surface area (Å²) < 4.78 is 38.3. The van der Waals surface area contributed by atoms with Crippen molar-refractivity contribution in [3.8, 4) is 11.5 Å².